The molecule has 6 nitrogen and oxygen atoms in total. The maximum absolute atomic E-state index is 13.3. The summed E-state index contributed by atoms with van der Waals surface area (Å²) in [5, 5.41) is 1.85. The summed E-state index contributed by atoms with van der Waals surface area (Å²) in [6.07, 6.45) is 2.97. The van der Waals surface area contributed by atoms with E-state index in [2.05, 4.69) is 5.32 Å². The van der Waals surface area contributed by atoms with Gasteiger partial charge in [-0.2, -0.15) is 0 Å². The molecule has 2 aromatic rings. The molecule has 0 spiro atoms. The predicted molar refractivity (Wildman–Crippen MR) is 119 cm³/mol. The molecule has 3 amide bonds. The molecule has 2 aliphatic heterocycles. The number of nitrogens with zero attached hydrogens (tertiary/aromatic N) is 2. The highest BCUT2D eigenvalue weighted by Gasteiger charge is 2.41. The average Bonchev–Trinajstić information content (AvgIpc) is 2.77. The number of aryl methyl sites for hydroxylation is 1. The van der Waals surface area contributed by atoms with Crippen molar-refractivity contribution in [3.8, 4) is 0 Å². The first-order chi connectivity index (χ1) is 14.9. The minimum atomic E-state index is -0.895. The fourth-order valence-electron chi connectivity index (χ4n) is 3.92. The lowest BCUT2D eigenvalue weighted by Crippen LogP contribution is -2.52. The largest absolute Gasteiger partial charge is 0.341 e. The Morgan fingerprint density at radius 1 is 1.13 bits per heavy atom. The molecule has 2 aliphatic rings. The van der Waals surface area contributed by atoms with Crippen molar-refractivity contribution in [3.05, 3.63) is 53.8 Å². The predicted octanol–water partition coefficient (Wildman–Crippen LogP) is 3.59. The SMILES string of the molecule is Cc1cc(F)ccc1NC(=O)CN1C(=O)[C@@H](C(=O)N2CCCCC2)Sc2ccccc21. The van der Waals surface area contributed by atoms with E-state index in [1.807, 2.05) is 12.1 Å². The van der Waals surface area contributed by atoms with Gasteiger partial charge in [0.15, 0.2) is 5.25 Å². The normalized spacial score (nSPS) is 18.5. The number of likely N-dealkylation sites (tertiary alicyclic amines) is 1. The first-order valence-corrected chi connectivity index (χ1v) is 11.2. The van der Waals surface area contributed by atoms with Crippen molar-refractivity contribution in [1.82, 2.24) is 4.90 Å². The molecular formula is C23H24FN3O3S. The molecule has 1 atom stereocenters. The first-order valence-electron chi connectivity index (χ1n) is 10.4. The molecule has 0 saturated carbocycles. The lowest BCUT2D eigenvalue weighted by Gasteiger charge is -2.36. The van der Waals surface area contributed by atoms with Crippen LogP contribution in [0.15, 0.2) is 47.4 Å². The maximum atomic E-state index is 13.3. The zero-order valence-electron chi connectivity index (χ0n) is 17.3. The molecular weight excluding hydrogens is 417 g/mol. The molecule has 1 fully saturated rings. The molecule has 2 aromatic carbocycles. The summed E-state index contributed by atoms with van der Waals surface area (Å²) in [5.74, 6) is -1.37. The molecule has 0 aliphatic carbocycles. The second-order valence-electron chi connectivity index (χ2n) is 7.78. The smallest absolute Gasteiger partial charge is 0.250 e. The van der Waals surface area contributed by atoms with Crippen LogP contribution in [0.25, 0.3) is 0 Å². The van der Waals surface area contributed by atoms with Crippen molar-refractivity contribution in [3.63, 3.8) is 0 Å². The molecule has 162 valence electrons. The van der Waals surface area contributed by atoms with Gasteiger partial charge in [0, 0.05) is 23.7 Å². The number of halogens is 1. The van der Waals surface area contributed by atoms with Crippen LogP contribution in [0.1, 0.15) is 24.8 Å². The number of hydrogen-bond donors (Lipinski definition) is 1. The maximum Gasteiger partial charge on any atom is 0.250 e. The van der Waals surface area contributed by atoms with Crippen LogP contribution in [0, 0.1) is 12.7 Å². The molecule has 0 radical (unpaired) electrons. The Morgan fingerprint density at radius 2 is 1.87 bits per heavy atom. The zero-order chi connectivity index (χ0) is 22.0. The lowest BCUT2D eigenvalue weighted by atomic mass is 10.1. The fraction of sp³-hybridized carbons (Fsp3) is 0.348. The number of rotatable bonds is 4. The van der Waals surface area contributed by atoms with Gasteiger partial charge in [0.25, 0.3) is 5.91 Å². The average molecular weight is 442 g/mol. The van der Waals surface area contributed by atoms with Crippen molar-refractivity contribution in [2.45, 2.75) is 36.3 Å². The third kappa shape index (κ3) is 4.58. The van der Waals surface area contributed by atoms with Gasteiger partial charge in [0.2, 0.25) is 11.8 Å². The van der Waals surface area contributed by atoms with E-state index in [1.165, 1.54) is 34.9 Å². The number of fused-ring (bicyclic) bond motifs is 1. The van der Waals surface area contributed by atoms with E-state index in [0.717, 1.165) is 24.2 Å². The fourth-order valence-corrected chi connectivity index (χ4v) is 5.11. The molecule has 1 saturated heterocycles. The van der Waals surface area contributed by atoms with Crippen LogP contribution in [0.3, 0.4) is 0 Å². The number of hydrogen-bond acceptors (Lipinski definition) is 4. The van der Waals surface area contributed by atoms with Crippen LogP contribution in [0.2, 0.25) is 0 Å². The minimum Gasteiger partial charge on any atom is -0.341 e. The Bertz CT molecular complexity index is 1020. The van der Waals surface area contributed by atoms with Crippen LogP contribution in [0.5, 0.6) is 0 Å². The summed E-state index contributed by atoms with van der Waals surface area (Å²) < 4.78 is 13.3. The third-order valence-corrected chi connectivity index (χ3v) is 6.79. The van der Waals surface area contributed by atoms with Crippen LogP contribution in [-0.4, -0.2) is 47.5 Å². The third-order valence-electron chi connectivity index (χ3n) is 5.55. The highest BCUT2D eigenvalue weighted by molar-refractivity contribution is 8.01. The summed E-state index contributed by atoms with van der Waals surface area (Å²) in [4.78, 5) is 43.1. The highest BCUT2D eigenvalue weighted by atomic mass is 32.2. The van der Waals surface area contributed by atoms with E-state index in [0.29, 0.717) is 30.0 Å². The van der Waals surface area contributed by atoms with E-state index < -0.39 is 11.2 Å². The monoisotopic (exact) mass is 441 g/mol. The van der Waals surface area contributed by atoms with Gasteiger partial charge in [0.05, 0.1) is 5.69 Å². The van der Waals surface area contributed by atoms with Gasteiger partial charge in [-0.3, -0.25) is 14.4 Å². The number of thioether (sulfide) groups is 1. The molecule has 1 N–H and O–H groups in total. The summed E-state index contributed by atoms with van der Waals surface area (Å²) in [6, 6.07) is 11.4. The van der Waals surface area contributed by atoms with Crippen LogP contribution >= 0.6 is 11.8 Å². The van der Waals surface area contributed by atoms with Gasteiger partial charge in [-0.25, -0.2) is 4.39 Å². The van der Waals surface area contributed by atoms with Crippen molar-refractivity contribution in [2.75, 3.05) is 29.9 Å². The molecule has 8 heteroatoms. The quantitative estimate of drug-likeness (QED) is 0.737. The van der Waals surface area contributed by atoms with Gasteiger partial charge in [-0.15, -0.1) is 11.8 Å². The van der Waals surface area contributed by atoms with Crippen molar-refractivity contribution in [2.24, 2.45) is 0 Å². The molecule has 0 unspecified atom stereocenters. The summed E-state index contributed by atoms with van der Waals surface area (Å²) in [7, 11) is 0. The van der Waals surface area contributed by atoms with Gasteiger partial charge >= 0.3 is 0 Å². The van der Waals surface area contributed by atoms with Crippen LogP contribution < -0.4 is 10.2 Å². The molecule has 4 rings (SSSR count). The first kappa shape index (κ1) is 21.4. The Morgan fingerprint density at radius 3 is 2.61 bits per heavy atom. The van der Waals surface area contributed by atoms with Crippen molar-refractivity contribution < 1.29 is 18.8 Å². The Kier molecular flexibility index (Phi) is 6.27. The standard InChI is InChI=1S/C23H24FN3O3S/c1-15-13-16(24)9-10-17(15)25-20(28)14-27-18-7-3-4-8-19(18)31-21(23(27)30)22(29)26-11-5-2-6-12-26/h3-4,7-10,13,21H,2,5-6,11-12,14H2,1H3,(H,25,28)/t21-/m1/s1. The van der Waals surface area contributed by atoms with Crippen molar-refractivity contribution >= 4 is 40.9 Å². The topological polar surface area (TPSA) is 69.7 Å². The molecule has 0 aromatic heterocycles. The Balaban J connectivity index is 1.55. The number of piperidine rings is 1. The molecule has 2 heterocycles. The summed E-state index contributed by atoms with van der Waals surface area (Å²) >= 11 is 1.25. The van der Waals surface area contributed by atoms with Crippen LogP contribution in [0.4, 0.5) is 15.8 Å². The summed E-state index contributed by atoms with van der Waals surface area (Å²) in [5.41, 5.74) is 1.69. The highest BCUT2D eigenvalue weighted by Crippen LogP contribution is 2.40. The van der Waals surface area contributed by atoms with E-state index in [-0.39, 0.29) is 24.2 Å². The van der Waals surface area contributed by atoms with E-state index in [4.69, 9.17) is 0 Å². The number of carbonyl (C=O) groups excluding carboxylic acids is 3. The lowest BCUT2D eigenvalue weighted by molar-refractivity contribution is -0.135. The van der Waals surface area contributed by atoms with Crippen LogP contribution in [-0.2, 0) is 14.4 Å². The zero-order valence-corrected chi connectivity index (χ0v) is 18.1. The molecule has 0 bridgehead atoms. The van der Waals surface area contributed by atoms with Crippen molar-refractivity contribution in [1.29, 1.82) is 0 Å². The van der Waals surface area contributed by atoms with Gasteiger partial charge < -0.3 is 15.1 Å². The van der Waals surface area contributed by atoms with Gasteiger partial charge in [0.1, 0.15) is 12.4 Å². The second kappa shape index (κ2) is 9.09. The molecule has 31 heavy (non-hydrogen) atoms. The van der Waals surface area contributed by atoms with E-state index >= 15 is 0 Å². The number of carbonyl (C=O) groups is 3. The number of para-hydroxylation sites is 1. The number of benzene rings is 2. The Hall–Kier alpha value is -2.87. The minimum absolute atomic E-state index is 0.191. The number of nitrogens with one attached hydrogen (secondary N) is 1. The van der Waals surface area contributed by atoms with Gasteiger partial charge in [-0.05, 0) is 62.1 Å². The summed E-state index contributed by atoms with van der Waals surface area (Å²) in [6.45, 7) is 2.80. The second-order valence-corrected chi connectivity index (χ2v) is 8.93. The van der Waals surface area contributed by atoms with Gasteiger partial charge in [-0.1, -0.05) is 12.1 Å². The van der Waals surface area contributed by atoms with E-state index in [1.54, 1.807) is 24.0 Å². The number of amides is 3. The van der Waals surface area contributed by atoms with E-state index in [9.17, 15) is 18.8 Å². The number of anilines is 2. The Labute approximate surface area is 184 Å².